The zero-order valence-electron chi connectivity index (χ0n) is 16.9. The summed E-state index contributed by atoms with van der Waals surface area (Å²) in [6.07, 6.45) is 0.773. The summed E-state index contributed by atoms with van der Waals surface area (Å²) in [5.41, 5.74) is 3.05. The van der Waals surface area contributed by atoms with Crippen LogP contribution in [-0.4, -0.2) is 32.0 Å². The lowest BCUT2D eigenvalue weighted by molar-refractivity contribution is -0.113. The molecule has 2 heterocycles. The Labute approximate surface area is 172 Å². The first-order chi connectivity index (χ1) is 13.8. The van der Waals surface area contributed by atoms with Crippen molar-refractivity contribution in [3.8, 4) is 0 Å². The van der Waals surface area contributed by atoms with Gasteiger partial charge in [0.05, 0.1) is 11.3 Å². The van der Waals surface area contributed by atoms with E-state index in [4.69, 9.17) is 0 Å². The van der Waals surface area contributed by atoms with E-state index in [1.54, 1.807) is 28.8 Å². The summed E-state index contributed by atoms with van der Waals surface area (Å²) < 4.78 is 1.65. The van der Waals surface area contributed by atoms with Crippen LogP contribution in [0.15, 0.2) is 40.3 Å². The summed E-state index contributed by atoms with van der Waals surface area (Å²) in [4.78, 5) is 44.4. The summed E-state index contributed by atoms with van der Waals surface area (Å²) in [5, 5.41) is 3.33. The average Bonchev–Trinajstić information content (AvgIpc) is 3.07. The molecule has 0 bridgehead atoms. The summed E-state index contributed by atoms with van der Waals surface area (Å²) >= 11 is 1.24. The first-order valence-electron chi connectivity index (χ1n) is 9.45. The van der Waals surface area contributed by atoms with Gasteiger partial charge in [0.2, 0.25) is 5.91 Å². The highest BCUT2D eigenvalue weighted by molar-refractivity contribution is 7.99. The lowest BCUT2D eigenvalue weighted by Gasteiger charge is -2.17. The molecule has 7 nitrogen and oxygen atoms in total. The number of thioether (sulfide) groups is 1. The van der Waals surface area contributed by atoms with E-state index < -0.39 is 0 Å². The summed E-state index contributed by atoms with van der Waals surface area (Å²) in [7, 11) is 0. The van der Waals surface area contributed by atoms with Crippen molar-refractivity contribution < 1.29 is 9.59 Å². The number of carbonyl (C=O) groups is 2. The maximum absolute atomic E-state index is 12.9. The molecule has 0 aliphatic rings. The standard InChI is InChI=1S/C21H24N4O3S/c1-5-13(3)25-20(28)19-17(10-12(2)22-19)24-21(25)29-11-18(27)23-16-8-6-15(7-9-16)14(4)26/h6-10,13,22H,5,11H2,1-4H3,(H,23,27). The molecule has 3 aromatic rings. The van der Waals surface area contributed by atoms with Crippen molar-refractivity contribution >= 4 is 40.2 Å². The SMILES string of the molecule is CCC(C)n1c(SCC(=O)Nc2ccc(C(C)=O)cc2)nc2cc(C)[nH]c2c1=O. The molecule has 0 saturated carbocycles. The number of H-pyrrole nitrogens is 1. The van der Waals surface area contributed by atoms with Gasteiger partial charge in [-0.2, -0.15) is 0 Å². The Morgan fingerprint density at radius 3 is 2.59 bits per heavy atom. The van der Waals surface area contributed by atoms with E-state index in [9.17, 15) is 14.4 Å². The van der Waals surface area contributed by atoms with Crippen LogP contribution in [0.1, 0.15) is 49.3 Å². The van der Waals surface area contributed by atoms with Crippen LogP contribution < -0.4 is 10.9 Å². The van der Waals surface area contributed by atoms with Crippen molar-refractivity contribution in [1.82, 2.24) is 14.5 Å². The second-order valence-electron chi connectivity index (χ2n) is 7.01. The van der Waals surface area contributed by atoms with E-state index in [0.717, 1.165) is 12.1 Å². The zero-order chi connectivity index (χ0) is 21.1. The van der Waals surface area contributed by atoms with Gasteiger partial charge < -0.3 is 10.3 Å². The molecule has 0 radical (unpaired) electrons. The van der Waals surface area contributed by atoms with Gasteiger partial charge in [-0.05, 0) is 57.5 Å². The molecule has 0 spiro atoms. The Kier molecular flexibility index (Phi) is 6.22. The summed E-state index contributed by atoms with van der Waals surface area (Å²) in [6.45, 7) is 7.35. The van der Waals surface area contributed by atoms with Gasteiger partial charge in [0.15, 0.2) is 10.9 Å². The van der Waals surface area contributed by atoms with Crippen LogP contribution in [0.5, 0.6) is 0 Å². The first kappa shape index (κ1) is 20.9. The predicted octanol–water partition coefficient (Wildman–Crippen LogP) is 3.94. The number of aryl methyl sites for hydroxylation is 1. The van der Waals surface area contributed by atoms with Crippen LogP contribution >= 0.6 is 11.8 Å². The number of nitrogens with one attached hydrogen (secondary N) is 2. The molecule has 0 fully saturated rings. The van der Waals surface area contributed by atoms with E-state index in [-0.39, 0.29) is 29.0 Å². The molecule has 29 heavy (non-hydrogen) atoms. The normalized spacial score (nSPS) is 12.1. The minimum absolute atomic E-state index is 0.0251. The molecule has 1 unspecified atom stereocenters. The number of ketones is 1. The van der Waals surface area contributed by atoms with Gasteiger partial charge in [-0.1, -0.05) is 18.7 Å². The number of aromatic amines is 1. The van der Waals surface area contributed by atoms with E-state index >= 15 is 0 Å². The van der Waals surface area contributed by atoms with Gasteiger partial charge in [0.1, 0.15) is 5.52 Å². The molecule has 1 atom stereocenters. The molecular weight excluding hydrogens is 388 g/mol. The Balaban J connectivity index is 1.79. The fourth-order valence-electron chi connectivity index (χ4n) is 2.98. The first-order valence-corrected chi connectivity index (χ1v) is 10.4. The molecule has 2 aromatic heterocycles. The van der Waals surface area contributed by atoms with Gasteiger partial charge in [-0.15, -0.1) is 0 Å². The number of hydrogen-bond donors (Lipinski definition) is 2. The van der Waals surface area contributed by atoms with Crippen LogP contribution in [0.25, 0.3) is 11.0 Å². The highest BCUT2D eigenvalue weighted by Crippen LogP contribution is 2.23. The van der Waals surface area contributed by atoms with Crippen molar-refractivity contribution in [2.45, 2.75) is 45.3 Å². The third-order valence-corrected chi connectivity index (χ3v) is 5.68. The number of aromatic nitrogens is 3. The van der Waals surface area contributed by atoms with E-state index in [1.165, 1.54) is 18.7 Å². The maximum Gasteiger partial charge on any atom is 0.278 e. The van der Waals surface area contributed by atoms with Crippen LogP contribution in [0, 0.1) is 6.92 Å². The number of benzene rings is 1. The minimum atomic E-state index is -0.208. The van der Waals surface area contributed by atoms with E-state index in [2.05, 4.69) is 15.3 Å². The van der Waals surface area contributed by atoms with Crippen LogP contribution in [0.2, 0.25) is 0 Å². The number of hydrogen-bond acceptors (Lipinski definition) is 5. The minimum Gasteiger partial charge on any atom is -0.353 e. The van der Waals surface area contributed by atoms with Gasteiger partial charge in [0.25, 0.3) is 5.56 Å². The second-order valence-corrected chi connectivity index (χ2v) is 7.95. The molecule has 0 aliphatic carbocycles. The fourth-order valence-corrected chi connectivity index (χ4v) is 3.88. The third-order valence-electron chi connectivity index (χ3n) is 4.73. The van der Waals surface area contributed by atoms with E-state index in [0.29, 0.717) is 27.4 Å². The number of Topliss-reactive ketones (excluding diaryl/α,β-unsaturated/α-hetero) is 1. The third kappa shape index (κ3) is 4.59. The zero-order valence-corrected chi connectivity index (χ0v) is 17.7. The van der Waals surface area contributed by atoms with Crippen molar-refractivity contribution in [1.29, 1.82) is 0 Å². The summed E-state index contributed by atoms with van der Waals surface area (Å²) in [5.74, 6) is -0.115. The Morgan fingerprint density at radius 1 is 1.28 bits per heavy atom. The van der Waals surface area contributed by atoms with Crippen LogP contribution in [-0.2, 0) is 4.79 Å². The number of nitrogens with zero attached hydrogens (tertiary/aromatic N) is 2. The van der Waals surface area contributed by atoms with Crippen molar-refractivity contribution in [3.05, 3.63) is 51.9 Å². The van der Waals surface area contributed by atoms with Crippen LogP contribution in [0.3, 0.4) is 0 Å². The molecule has 0 aliphatic heterocycles. The highest BCUT2D eigenvalue weighted by atomic mass is 32.2. The van der Waals surface area contributed by atoms with Crippen molar-refractivity contribution in [2.24, 2.45) is 0 Å². The molecule has 152 valence electrons. The smallest absolute Gasteiger partial charge is 0.278 e. The monoisotopic (exact) mass is 412 g/mol. The lowest BCUT2D eigenvalue weighted by Crippen LogP contribution is -2.26. The van der Waals surface area contributed by atoms with Crippen LogP contribution in [0.4, 0.5) is 5.69 Å². The van der Waals surface area contributed by atoms with Crippen molar-refractivity contribution in [2.75, 3.05) is 11.1 Å². The highest BCUT2D eigenvalue weighted by Gasteiger charge is 2.18. The number of amides is 1. The molecule has 1 aromatic carbocycles. The Bertz CT molecular complexity index is 1120. The van der Waals surface area contributed by atoms with Gasteiger partial charge >= 0.3 is 0 Å². The number of fused-ring (bicyclic) bond motifs is 1. The molecule has 1 amide bonds. The maximum atomic E-state index is 12.9. The Hall–Kier alpha value is -2.87. The number of rotatable bonds is 7. The largest absolute Gasteiger partial charge is 0.353 e. The second kappa shape index (κ2) is 8.65. The Morgan fingerprint density at radius 2 is 1.97 bits per heavy atom. The van der Waals surface area contributed by atoms with Gasteiger partial charge in [0, 0.05) is 23.0 Å². The molecule has 8 heteroatoms. The van der Waals surface area contributed by atoms with Gasteiger partial charge in [-0.25, -0.2) is 4.98 Å². The average molecular weight is 413 g/mol. The molecule has 3 rings (SSSR count). The van der Waals surface area contributed by atoms with E-state index in [1.807, 2.05) is 26.8 Å². The molecule has 0 saturated heterocycles. The quantitative estimate of drug-likeness (QED) is 0.348. The number of carbonyl (C=O) groups excluding carboxylic acids is 2. The molecule has 2 N–H and O–H groups in total. The predicted molar refractivity (Wildman–Crippen MR) is 116 cm³/mol. The topological polar surface area (TPSA) is 96.8 Å². The number of anilines is 1. The lowest BCUT2D eigenvalue weighted by atomic mass is 10.1. The fraction of sp³-hybridized carbons (Fsp3) is 0.333. The summed E-state index contributed by atoms with van der Waals surface area (Å²) in [6, 6.07) is 8.54. The molecular formula is C21H24N4O3S. The van der Waals surface area contributed by atoms with Crippen molar-refractivity contribution in [3.63, 3.8) is 0 Å². The van der Waals surface area contributed by atoms with Gasteiger partial charge in [-0.3, -0.25) is 19.0 Å².